The van der Waals surface area contributed by atoms with E-state index in [2.05, 4.69) is 20.9 Å². The number of aromatic nitrogens is 1. The summed E-state index contributed by atoms with van der Waals surface area (Å²) < 4.78 is 6.27. The Kier molecular flexibility index (Phi) is 1.38. The van der Waals surface area contributed by atoms with Gasteiger partial charge in [-0.25, -0.2) is 0 Å². The van der Waals surface area contributed by atoms with Crippen molar-refractivity contribution < 1.29 is 4.74 Å². The van der Waals surface area contributed by atoms with E-state index in [0.29, 0.717) is 0 Å². The molecule has 0 aromatic carbocycles. The maximum Gasteiger partial charge on any atom is 0.142 e. The van der Waals surface area contributed by atoms with Crippen LogP contribution in [-0.2, 0) is 6.42 Å². The molecule has 1 aromatic rings. The summed E-state index contributed by atoms with van der Waals surface area (Å²) in [6.45, 7) is 0.777. The lowest BCUT2D eigenvalue weighted by molar-refractivity contribution is 0.356. The molecule has 0 unspecified atom stereocenters. The molecule has 2 nitrogen and oxygen atoms in total. The molecular formula is C7H6BrNO. The molecule has 0 saturated heterocycles. The lowest BCUT2D eigenvalue weighted by atomic mass is 10.3. The van der Waals surface area contributed by atoms with Crippen LogP contribution in [0, 0.1) is 0 Å². The van der Waals surface area contributed by atoms with Crippen molar-refractivity contribution in [3.63, 3.8) is 0 Å². The fraction of sp³-hybridized carbons (Fsp3) is 0.286. The number of halogens is 1. The average molecular weight is 200 g/mol. The van der Waals surface area contributed by atoms with E-state index < -0.39 is 0 Å². The quantitative estimate of drug-likeness (QED) is 0.636. The number of ether oxygens (including phenoxy) is 1. The van der Waals surface area contributed by atoms with Crippen LogP contribution in [0.1, 0.15) is 5.69 Å². The van der Waals surface area contributed by atoms with Gasteiger partial charge in [0.25, 0.3) is 0 Å². The fourth-order valence-corrected chi connectivity index (χ4v) is 1.33. The van der Waals surface area contributed by atoms with Gasteiger partial charge in [-0.3, -0.25) is 4.98 Å². The van der Waals surface area contributed by atoms with Crippen molar-refractivity contribution in [1.82, 2.24) is 4.98 Å². The molecule has 0 radical (unpaired) electrons. The zero-order chi connectivity index (χ0) is 6.97. The third-order valence-corrected chi connectivity index (χ3v) is 1.93. The van der Waals surface area contributed by atoms with Crippen molar-refractivity contribution in [2.45, 2.75) is 6.42 Å². The summed E-state index contributed by atoms with van der Waals surface area (Å²) in [6, 6.07) is 1.95. The van der Waals surface area contributed by atoms with E-state index in [-0.39, 0.29) is 0 Å². The van der Waals surface area contributed by atoms with Crippen molar-refractivity contribution in [3.05, 3.63) is 22.4 Å². The Hall–Kier alpha value is -0.570. The van der Waals surface area contributed by atoms with Gasteiger partial charge in [-0.15, -0.1) is 0 Å². The lowest BCUT2D eigenvalue weighted by Crippen LogP contribution is -1.86. The molecule has 52 valence electrons. The summed E-state index contributed by atoms with van der Waals surface area (Å²) in [4.78, 5) is 4.19. The van der Waals surface area contributed by atoms with Gasteiger partial charge in [0.1, 0.15) is 5.75 Å². The summed E-state index contributed by atoms with van der Waals surface area (Å²) in [6.07, 6.45) is 2.75. The number of hydrogen-bond donors (Lipinski definition) is 0. The van der Waals surface area contributed by atoms with E-state index in [9.17, 15) is 0 Å². The molecule has 0 atom stereocenters. The first-order chi connectivity index (χ1) is 4.86. The van der Waals surface area contributed by atoms with Crippen molar-refractivity contribution in [3.8, 4) is 5.75 Å². The third-order valence-electron chi connectivity index (χ3n) is 1.49. The van der Waals surface area contributed by atoms with Crippen LogP contribution in [0.25, 0.3) is 0 Å². The van der Waals surface area contributed by atoms with E-state index in [1.54, 1.807) is 6.20 Å². The molecule has 1 aliphatic rings. The molecule has 2 heterocycles. The number of nitrogens with zero attached hydrogens (tertiary/aromatic N) is 1. The van der Waals surface area contributed by atoms with Gasteiger partial charge in [0.15, 0.2) is 0 Å². The molecule has 1 aliphatic heterocycles. The number of pyridine rings is 1. The summed E-state index contributed by atoms with van der Waals surface area (Å²) in [5, 5.41) is 0. The van der Waals surface area contributed by atoms with E-state index in [1.807, 2.05) is 6.07 Å². The summed E-state index contributed by atoms with van der Waals surface area (Å²) in [7, 11) is 0. The maximum absolute atomic E-state index is 5.29. The first kappa shape index (κ1) is 6.16. The molecule has 0 fully saturated rings. The lowest BCUT2D eigenvalue weighted by Gasteiger charge is -1.96. The fourth-order valence-electron chi connectivity index (χ4n) is 1.02. The van der Waals surface area contributed by atoms with Gasteiger partial charge in [0.05, 0.1) is 12.3 Å². The molecule has 10 heavy (non-hydrogen) atoms. The van der Waals surface area contributed by atoms with Gasteiger partial charge < -0.3 is 4.74 Å². The topological polar surface area (TPSA) is 22.1 Å². The second-order valence-electron chi connectivity index (χ2n) is 2.20. The Morgan fingerprint density at radius 1 is 1.60 bits per heavy atom. The van der Waals surface area contributed by atoms with Crippen molar-refractivity contribution in [1.29, 1.82) is 0 Å². The number of rotatable bonds is 0. The Morgan fingerprint density at radius 3 is 3.40 bits per heavy atom. The first-order valence-corrected chi connectivity index (χ1v) is 3.93. The number of hydrogen-bond acceptors (Lipinski definition) is 2. The predicted molar refractivity (Wildman–Crippen MR) is 41.1 cm³/mol. The van der Waals surface area contributed by atoms with Crippen LogP contribution in [0.3, 0.4) is 0 Å². The van der Waals surface area contributed by atoms with Crippen LogP contribution in [0.4, 0.5) is 0 Å². The minimum absolute atomic E-state index is 0.777. The predicted octanol–water partition coefficient (Wildman–Crippen LogP) is 1.78. The molecule has 0 saturated carbocycles. The molecule has 0 bridgehead atoms. The van der Waals surface area contributed by atoms with E-state index in [1.165, 1.54) is 0 Å². The maximum atomic E-state index is 5.29. The van der Waals surface area contributed by atoms with Crippen LogP contribution in [-0.4, -0.2) is 11.6 Å². The molecular weight excluding hydrogens is 194 g/mol. The Bertz CT molecular complexity index is 262. The molecule has 3 heteroatoms. The van der Waals surface area contributed by atoms with Crippen molar-refractivity contribution >= 4 is 15.9 Å². The molecule has 0 spiro atoms. The smallest absolute Gasteiger partial charge is 0.142 e. The Balaban J connectivity index is 2.52. The highest BCUT2D eigenvalue weighted by Gasteiger charge is 2.12. The summed E-state index contributed by atoms with van der Waals surface area (Å²) in [5.74, 6) is 0.925. The van der Waals surface area contributed by atoms with Gasteiger partial charge in [-0.05, 0) is 22.0 Å². The zero-order valence-corrected chi connectivity index (χ0v) is 6.89. The SMILES string of the molecule is Brc1cnc2c(c1)OCC2. The van der Waals surface area contributed by atoms with Crippen LogP contribution in [0.15, 0.2) is 16.7 Å². The largest absolute Gasteiger partial charge is 0.491 e. The first-order valence-electron chi connectivity index (χ1n) is 3.13. The van der Waals surface area contributed by atoms with Crippen molar-refractivity contribution in [2.75, 3.05) is 6.61 Å². The van der Waals surface area contributed by atoms with Crippen molar-refractivity contribution in [2.24, 2.45) is 0 Å². The van der Waals surface area contributed by atoms with Gasteiger partial charge in [0, 0.05) is 17.1 Å². The van der Waals surface area contributed by atoms with E-state index >= 15 is 0 Å². The molecule has 0 amide bonds. The third kappa shape index (κ3) is 0.904. The highest BCUT2D eigenvalue weighted by molar-refractivity contribution is 9.10. The average Bonchev–Trinajstić information content (AvgIpc) is 2.33. The monoisotopic (exact) mass is 199 g/mol. The standard InChI is InChI=1S/C7H6BrNO/c8-5-3-7-6(9-4-5)1-2-10-7/h3-4H,1-2H2. The van der Waals surface area contributed by atoms with Crippen LogP contribution < -0.4 is 4.74 Å². The Morgan fingerprint density at radius 2 is 2.50 bits per heavy atom. The minimum Gasteiger partial charge on any atom is -0.491 e. The van der Waals surface area contributed by atoms with Crippen LogP contribution in [0.5, 0.6) is 5.75 Å². The normalized spacial score (nSPS) is 14.5. The minimum atomic E-state index is 0.777. The van der Waals surface area contributed by atoms with E-state index in [4.69, 9.17) is 4.74 Å². The van der Waals surface area contributed by atoms with Gasteiger partial charge >= 0.3 is 0 Å². The summed E-state index contributed by atoms with van der Waals surface area (Å²) in [5.41, 5.74) is 1.07. The van der Waals surface area contributed by atoms with Gasteiger partial charge in [-0.1, -0.05) is 0 Å². The second-order valence-corrected chi connectivity index (χ2v) is 3.11. The highest BCUT2D eigenvalue weighted by atomic mass is 79.9. The zero-order valence-electron chi connectivity index (χ0n) is 5.30. The molecule has 1 aromatic heterocycles. The van der Waals surface area contributed by atoms with E-state index in [0.717, 1.165) is 28.9 Å². The van der Waals surface area contributed by atoms with Crippen LogP contribution in [0.2, 0.25) is 0 Å². The van der Waals surface area contributed by atoms with Crippen LogP contribution >= 0.6 is 15.9 Å². The van der Waals surface area contributed by atoms with Gasteiger partial charge in [0.2, 0.25) is 0 Å². The molecule has 2 rings (SSSR count). The molecule has 0 aliphatic carbocycles. The Labute approximate surface area is 67.4 Å². The summed E-state index contributed by atoms with van der Waals surface area (Å²) >= 11 is 3.32. The second kappa shape index (κ2) is 2.23. The van der Waals surface area contributed by atoms with Gasteiger partial charge in [-0.2, -0.15) is 0 Å². The number of fused-ring (bicyclic) bond motifs is 1. The molecule has 0 N–H and O–H groups in total. The highest BCUT2D eigenvalue weighted by Crippen LogP contribution is 2.25.